The van der Waals surface area contributed by atoms with Crippen LogP contribution >= 0.6 is 0 Å². The first kappa shape index (κ1) is 10.6. The summed E-state index contributed by atoms with van der Waals surface area (Å²) >= 11 is 0. The third-order valence-electron chi connectivity index (χ3n) is 1.71. The average molecular weight is 200 g/mol. The Morgan fingerprint density at radius 2 is 2.07 bits per heavy atom. The molecule has 0 aliphatic heterocycles. The lowest BCUT2D eigenvalue weighted by Crippen LogP contribution is -2.05. The molecule has 0 aliphatic rings. The van der Waals surface area contributed by atoms with Crippen molar-refractivity contribution in [2.75, 3.05) is 6.61 Å². The van der Waals surface area contributed by atoms with Crippen LogP contribution in [0.2, 0.25) is 0 Å². The van der Waals surface area contributed by atoms with Crippen molar-refractivity contribution in [2.24, 2.45) is 0 Å². The quantitative estimate of drug-likeness (QED) is 0.701. The smallest absolute Gasteiger partial charge is 0.178 e. The fraction of sp³-hybridized carbons (Fsp3) is 0.300. The first-order chi connectivity index (χ1) is 6.57. The van der Waals surface area contributed by atoms with Gasteiger partial charge in [-0.1, -0.05) is 0 Å². The van der Waals surface area contributed by atoms with Crippen LogP contribution in [-0.4, -0.2) is 12.4 Å². The van der Waals surface area contributed by atoms with Gasteiger partial charge in [0, 0.05) is 0 Å². The van der Waals surface area contributed by atoms with E-state index in [2.05, 4.69) is 0 Å². The van der Waals surface area contributed by atoms with Gasteiger partial charge in [-0.05, 0) is 26.0 Å². The summed E-state index contributed by atoms with van der Waals surface area (Å²) in [5.41, 5.74) is -0.545. The topological polar surface area (TPSA) is 26.3 Å². The van der Waals surface area contributed by atoms with Crippen LogP contribution in [0.1, 0.15) is 24.2 Å². The number of hydrogen-bond acceptors (Lipinski definition) is 2. The van der Waals surface area contributed by atoms with E-state index in [4.69, 9.17) is 4.74 Å². The molecule has 1 aromatic rings. The van der Waals surface area contributed by atoms with Crippen molar-refractivity contribution in [3.05, 3.63) is 29.3 Å². The van der Waals surface area contributed by atoms with Crippen LogP contribution < -0.4 is 4.74 Å². The summed E-state index contributed by atoms with van der Waals surface area (Å²) in [6, 6.07) is 2.19. The number of ketones is 1. The Labute approximate surface area is 80.5 Å². The van der Waals surface area contributed by atoms with Crippen LogP contribution in [0.25, 0.3) is 0 Å². The molecular formula is C10H10F2O2. The number of benzene rings is 1. The van der Waals surface area contributed by atoms with Crippen molar-refractivity contribution in [1.82, 2.24) is 0 Å². The van der Waals surface area contributed by atoms with Gasteiger partial charge < -0.3 is 4.74 Å². The highest BCUT2D eigenvalue weighted by Gasteiger charge is 2.17. The third-order valence-corrected chi connectivity index (χ3v) is 1.71. The van der Waals surface area contributed by atoms with Gasteiger partial charge in [-0.2, -0.15) is 0 Å². The summed E-state index contributed by atoms with van der Waals surface area (Å²) in [7, 11) is 0. The monoisotopic (exact) mass is 200 g/mol. The Hall–Kier alpha value is -1.45. The molecule has 0 atom stereocenters. The Bertz CT molecular complexity index is 361. The van der Waals surface area contributed by atoms with Crippen LogP contribution in [0.4, 0.5) is 8.78 Å². The number of carbonyl (C=O) groups is 1. The number of halogens is 2. The van der Waals surface area contributed by atoms with E-state index in [1.807, 2.05) is 0 Å². The highest BCUT2D eigenvalue weighted by atomic mass is 19.1. The van der Waals surface area contributed by atoms with Crippen LogP contribution in [0.15, 0.2) is 12.1 Å². The van der Waals surface area contributed by atoms with Crippen LogP contribution in [0.3, 0.4) is 0 Å². The summed E-state index contributed by atoms with van der Waals surface area (Å²) in [5, 5.41) is 0. The van der Waals surface area contributed by atoms with Crippen LogP contribution in [0.5, 0.6) is 5.75 Å². The molecule has 0 heterocycles. The Balaban J connectivity index is 3.26. The second-order valence-corrected chi connectivity index (χ2v) is 2.72. The molecule has 0 amide bonds. The molecule has 4 heteroatoms. The molecule has 76 valence electrons. The zero-order chi connectivity index (χ0) is 10.7. The van der Waals surface area contributed by atoms with Crippen molar-refractivity contribution in [2.45, 2.75) is 13.8 Å². The summed E-state index contributed by atoms with van der Waals surface area (Å²) in [5.74, 6) is -2.54. The van der Waals surface area contributed by atoms with E-state index in [0.29, 0.717) is 0 Å². The molecule has 1 rings (SSSR count). The molecule has 0 N–H and O–H groups in total. The lowest BCUT2D eigenvalue weighted by Gasteiger charge is -2.07. The largest absolute Gasteiger partial charge is 0.491 e. The maximum absolute atomic E-state index is 13.4. The molecule has 0 aromatic heterocycles. The summed E-state index contributed by atoms with van der Waals surface area (Å²) in [4.78, 5) is 10.9. The normalized spacial score (nSPS) is 10.0. The van der Waals surface area contributed by atoms with Gasteiger partial charge in [-0.25, -0.2) is 8.78 Å². The van der Waals surface area contributed by atoms with Crippen molar-refractivity contribution in [3.63, 3.8) is 0 Å². The fourth-order valence-corrected chi connectivity index (χ4v) is 1.12. The maximum Gasteiger partial charge on any atom is 0.178 e. The molecule has 0 bridgehead atoms. The van der Waals surface area contributed by atoms with E-state index in [-0.39, 0.29) is 12.4 Å². The van der Waals surface area contributed by atoms with Gasteiger partial charge in [0.15, 0.2) is 17.3 Å². The van der Waals surface area contributed by atoms with E-state index < -0.39 is 23.0 Å². The average Bonchev–Trinajstić information content (AvgIpc) is 2.10. The lowest BCUT2D eigenvalue weighted by molar-refractivity contribution is 0.100. The zero-order valence-electron chi connectivity index (χ0n) is 7.93. The predicted octanol–water partition coefficient (Wildman–Crippen LogP) is 2.57. The lowest BCUT2D eigenvalue weighted by atomic mass is 10.1. The van der Waals surface area contributed by atoms with Crippen molar-refractivity contribution in [3.8, 4) is 5.75 Å². The predicted molar refractivity (Wildman–Crippen MR) is 47.5 cm³/mol. The number of rotatable bonds is 3. The number of carbonyl (C=O) groups excluding carboxylic acids is 1. The Kier molecular flexibility index (Phi) is 3.17. The van der Waals surface area contributed by atoms with Gasteiger partial charge in [0.1, 0.15) is 5.82 Å². The molecule has 1 aromatic carbocycles. The second kappa shape index (κ2) is 4.17. The standard InChI is InChI=1S/C10H10F2O2/c1-3-14-8-5-4-7(11)9(6(2)13)10(8)12/h4-5H,3H2,1-2H3. The number of ether oxygens (including phenoxy) is 1. The molecule has 0 spiro atoms. The Morgan fingerprint density at radius 3 is 2.57 bits per heavy atom. The van der Waals surface area contributed by atoms with Crippen molar-refractivity contribution in [1.29, 1.82) is 0 Å². The molecule has 0 fully saturated rings. The highest BCUT2D eigenvalue weighted by Crippen LogP contribution is 2.23. The molecule has 0 saturated heterocycles. The summed E-state index contributed by atoms with van der Waals surface area (Å²) in [6.07, 6.45) is 0. The molecule has 14 heavy (non-hydrogen) atoms. The first-order valence-corrected chi connectivity index (χ1v) is 4.19. The van der Waals surface area contributed by atoms with Crippen LogP contribution in [-0.2, 0) is 0 Å². The minimum absolute atomic E-state index is 0.0981. The van der Waals surface area contributed by atoms with Gasteiger partial charge >= 0.3 is 0 Å². The van der Waals surface area contributed by atoms with Crippen LogP contribution in [0, 0.1) is 11.6 Å². The Morgan fingerprint density at radius 1 is 1.43 bits per heavy atom. The van der Waals surface area contributed by atoms with E-state index in [0.717, 1.165) is 13.0 Å². The minimum atomic E-state index is -0.931. The number of hydrogen-bond donors (Lipinski definition) is 0. The van der Waals surface area contributed by atoms with E-state index >= 15 is 0 Å². The molecule has 0 saturated carbocycles. The van der Waals surface area contributed by atoms with Gasteiger partial charge in [-0.15, -0.1) is 0 Å². The van der Waals surface area contributed by atoms with Gasteiger partial charge in [-0.3, -0.25) is 4.79 Å². The van der Waals surface area contributed by atoms with Gasteiger partial charge in [0.2, 0.25) is 0 Å². The third kappa shape index (κ3) is 1.89. The molecule has 0 radical (unpaired) electrons. The minimum Gasteiger partial charge on any atom is -0.491 e. The zero-order valence-corrected chi connectivity index (χ0v) is 7.93. The molecule has 2 nitrogen and oxygen atoms in total. The second-order valence-electron chi connectivity index (χ2n) is 2.72. The SMILES string of the molecule is CCOc1ccc(F)c(C(C)=O)c1F. The summed E-state index contributed by atoms with van der Waals surface area (Å²) < 4.78 is 31.3. The molecular weight excluding hydrogens is 190 g/mol. The fourth-order valence-electron chi connectivity index (χ4n) is 1.12. The van der Waals surface area contributed by atoms with E-state index in [1.165, 1.54) is 6.07 Å². The molecule has 0 aliphatic carbocycles. The molecule has 0 unspecified atom stereocenters. The van der Waals surface area contributed by atoms with E-state index in [9.17, 15) is 13.6 Å². The maximum atomic E-state index is 13.4. The highest BCUT2D eigenvalue weighted by molar-refractivity contribution is 5.95. The number of Topliss-reactive ketones (excluding diaryl/α,β-unsaturated/α-hetero) is 1. The first-order valence-electron chi connectivity index (χ1n) is 4.19. The van der Waals surface area contributed by atoms with Crippen molar-refractivity contribution >= 4 is 5.78 Å². The van der Waals surface area contributed by atoms with Gasteiger partial charge in [0.25, 0.3) is 0 Å². The van der Waals surface area contributed by atoms with Gasteiger partial charge in [0.05, 0.1) is 12.2 Å². The van der Waals surface area contributed by atoms with E-state index in [1.54, 1.807) is 6.92 Å². The summed E-state index contributed by atoms with van der Waals surface area (Å²) in [6.45, 7) is 3.05. The van der Waals surface area contributed by atoms with Crippen molar-refractivity contribution < 1.29 is 18.3 Å².